The van der Waals surface area contributed by atoms with E-state index in [0.717, 1.165) is 4.90 Å². The van der Waals surface area contributed by atoms with Gasteiger partial charge >= 0.3 is 0 Å². The van der Waals surface area contributed by atoms with Crippen molar-refractivity contribution in [2.24, 2.45) is 5.14 Å². The van der Waals surface area contributed by atoms with Gasteiger partial charge in [0.15, 0.2) is 0 Å². The molecule has 1 unspecified atom stereocenters. The molecule has 1 amide bonds. The van der Waals surface area contributed by atoms with Crippen LogP contribution in [0, 0.1) is 0 Å². The number of nitrogens with two attached hydrogens (primary N) is 1. The van der Waals surface area contributed by atoms with Crippen LogP contribution in [-0.4, -0.2) is 37.3 Å². The summed E-state index contributed by atoms with van der Waals surface area (Å²) in [5.41, 5.74) is 0.371. The minimum absolute atomic E-state index is 0.0152. The number of pyridine rings is 1. The lowest BCUT2D eigenvalue weighted by molar-refractivity contribution is -0.132. The molecule has 2 heterocycles. The van der Waals surface area contributed by atoms with Crippen molar-refractivity contribution in [3.63, 3.8) is 0 Å². The predicted molar refractivity (Wildman–Crippen MR) is 130 cm³/mol. The minimum atomic E-state index is -3.98. The van der Waals surface area contributed by atoms with E-state index in [1.807, 2.05) is 0 Å². The number of ether oxygens (including phenoxy) is 1. The second kappa shape index (κ2) is 9.31. The molecule has 3 aromatic rings. The van der Waals surface area contributed by atoms with E-state index >= 15 is 0 Å². The molecule has 1 saturated heterocycles. The van der Waals surface area contributed by atoms with Crippen LogP contribution in [0.1, 0.15) is 17.2 Å². The van der Waals surface area contributed by atoms with E-state index in [0.29, 0.717) is 5.56 Å². The lowest BCUT2D eigenvalue weighted by atomic mass is 9.95. The molecule has 1 aromatic heterocycles. The Labute approximate surface area is 210 Å². The van der Waals surface area contributed by atoms with Gasteiger partial charge in [0, 0.05) is 23.1 Å². The number of sulfonamides is 1. The second-order valence-corrected chi connectivity index (χ2v) is 9.87. The van der Waals surface area contributed by atoms with Crippen molar-refractivity contribution in [1.29, 1.82) is 0 Å². The predicted octanol–water partition coefficient (Wildman–Crippen LogP) is 3.67. The van der Waals surface area contributed by atoms with Crippen LogP contribution in [0.15, 0.2) is 71.4 Å². The monoisotopic (exact) mass is 533 g/mol. The fraction of sp³-hybridized carbons (Fsp3) is 0.0870. The van der Waals surface area contributed by atoms with Crippen molar-refractivity contribution in [3.8, 4) is 5.75 Å². The number of halogens is 2. The molecule has 1 aliphatic rings. The van der Waals surface area contributed by atoms with Gasteiger partial charge in [0.2, 0.25) is 10.0 Å². The first-order valence-corrected chi connectivity index (χ1v) is 12.2. The van der Waals surface area contributed by atoms with Gasteiger partial charge in [0.1, 0.15) is 11.5 Å². The van der Waals surface area contributed by atoms with Gasteiger partial charge < -0.3 is 9.84 Å². The Morgan fingerprint density at radius 1 is 1.14 bits per heavy atom. The molecule has 9 nitrogen and oxygen atoms in total. The van der Waals surface area contributed by atoms with Crippen molar-refractivity contribution in [2.45, 2.75) is 10.9 Å². The van der Waals surface area contributed by atoms with Gasteiger partial charge in [-0.05, 0) is 48.0 Å². The van der Waals surface area contributed by atoms with E-state index in [1.165, 1.54) is 55.9 Å². The van der Waals surface area contributed by atoms with Crippen LogP contribution >= 0.6 is 23.2 Å². The van der Waals surface area contributed by atoms with Gasteiger partial charge in [0.05, 0.1) is 34.2 Å². The molecule has 35 heavy (non-hydrogen) atoms. The molecule has 4 rings (SSSR count). The molecule has 1 fully saturated rings. The van der Waals surface area contributed by atoms with Crippen LogP contribution in [0.5, 0.6) is 5.75 Å². The van der Waals surface area contributed by atoms with Gasteiger partial charge in [-0.3, -0.25) is 19.5 Å². The number of Topliss-reactive ketones (excluding diaryl/α,β-unsaturated/α-hetero) is 1. The topological polar surface area (TPSA) is 140 Å². The zero-order valence-electron chi connectivity index (χ0n) is 18.0. The van der Waals surface area contributed by atoms with Gasteiger partial charge in [-0.25, -0.2) is 13.6 Å². The molecule has 0 aliphatic carbocycles. The number of benzene rings is 2. The van der Waals surface area contributed by atoms with Crippen molar-refractivity contribution < 1.29 is 27.9 Å². The van der Waals surface area contributed by atoms with Gasteiger partial charge in [0.25, 0.3) is 11.7 Å². The number of amides is 1. The quantitative estimate of drug-likeness (QED) is 0.289. The Kier molecular flexibility index (Phi) is 6.56. The first kappa shape index (κ1) is 24.7. The minimum Gasteiger partial charge on any atom is -0.507 e. The maximum absolute atomic E-state index is 13.2. The Bertz CT molecular complexity index is 1480. The number of ketones is 1. The van der Waals surface area contributed by atoms with Crippen LogP contribution in [0.3, 0.4) is 0 Å². The third kappa shape index (κ3) is 4.48. The summed E-state index contributed by atoms with van der Waals surface area (Å²) in [6, 6.07) is 10.00. The first-order valence-electron chi connectivity index (χ1n) is 9.91. The van der Waals surface area contributed by atoms with Crippen LogP contribution in [0.25, 0.3) is 5.76 Å². The Balaban J connectivity index is 1.97. The molecule has 2 aromatic carbocycles. The van der Waals surface area contributed by atoms with Crippen molar-refractivity contribution in [1.82, 2.24) is 4.98 Å². The molecular weight excluding hydrogens is 517 g/mol. The Hall–Kier alpha value is -3.44. The van der Waals surface area contributed by atoms with E-state index in [2.05, 4.69) is 4.98 Å². The third-order valence-corrected chi connectivity index (χ3v) is 6.78. The van der Waals surface area contributed by atoms with E-state index in [-0.39, 0.29) is 37.5 Å². The van der Waals surface area contributed by atoms with Crippen LogP contribution in [0.4, 0.5) is 5.69 Å². The van der Waals surface area contributed by atoms with Crippen molar-refractivity contribution in [3.05, 3.63) is 87.7 Å². The van der Waals surface area contributed by atoms with E-state index in [9.17, 15) is 23.1 Å². The van der Waals surface area contributed by atoms with Gasteiger partial charge in [-0.2, -0.15) is 0 Å². The molecule has 12 heteroatoms. The molecule has 1 aliphatic heterocycles. The Morgan fingerprint density at radius 3 is 2.40 bits per heavy atom. The van der Waals surface area contributed by atoms with E-state index in [1.54, 1.807) is 12.1 Å². The fourth-order valence-corrected chi connectivity index (χ4v) is 4.92. The highest BCUT2D eigenvalue weighted by Gasteiger charge is 2.47. The number of aliphatic hydroxyl groups excluding tert-OH is 1. The number of anilines is 1. The molecule has 180 valence electrons. The summed E-state index contributed by atoms with van der Waals surface area (Å²) in [6.45, 7) is 0. The number of aromatic nitrogens is 1. The zero-order valence-corrected chi connectivity index (χ0v) is 20.3. The molecule has 0 bridgehead atoms. The smallest absolute Gasteiger partial charge is 0.300 e. The number of carbonyl (C=O) groups is 2. The largest absolute Gasteiger partial charge is 0.507 e. The lowest BCUT2D eigenvalue weighted by Crippen LogP contribution is -2.29. The summed E-state index contributed by atoms with van der Waals surface area (Å²) in [5, 5.41) is 16.7. The summed E-state index contributed by atoms with van der Waals surface area (Å²) < 4.78 is 28.6. The number of methoxy groups -OCH3 is 1. The number of hydrogen-bond donors (Lipinski definition) is 2. The molecule has 0 spiro atoms. The average Bonchev–Trinajstić information content (AvgIpc) is 3.08. The molecule has 3 N–H and O–H groups in total. The maximum atomic E-state index is 13.2. The first-order chi connectivity index (χ1) is 16.5. The SMILES string of the molecule is COc1c(Cl)cc(Cl)cc1/C(O)=C1\C(=O)C(=O)N(c2ccc(S(N)(=O)=O)cc2)C1c1cccnc1. The van der Waals surface area contributed by atoms with Crippen molar-refractivity contribution >= 4 is 56.4 Å². The third-order valence-electron chi connectivity index (χ3n) is 5.36. The van der Waals surface area contributed by atoms with Crippen molar-refractivity contribution in [2.75, 3.05) is 12.0 Å². The zero-order chi connectivity index (χ0) is 25.5. The number of carbonyl (C=O) groups excluding carboxylic acids is 2. The average molecular weight is 534 g/mol. The number of nitrogens with zero attached hydrogens (tertiary/aromatic N) is 2. The lowest BCUT2D eigenvalue weighted by Gasteiger charge is -2.25. The molecule has 0 saturated carbocycles. The van der Waals surface area contributed by atoms with Crippen LogP contribution < -0.4 is 14.8 Å². The summed E-state index contributed by atoms with van der Waals surface area (Å²) in [6.07, 6.45) is 2.95. The standard InChI is InChI=1S/C23H17Cl2N3O6S/c1-34-22-16(9-13(24)10-17(22)25)20(29)18-19(12-3-2-8-27-11-12)28(23(31)21(18)30)14-4-6-15(7-5-14)35(26,32)33/h2-11,19,29H,1H3,(H2,26,32,33)/b20-18+. The summed E-state index contributed by atoms with van der Waals surface area (Å²) in [7, 11) is -2.65. The highest BCUT2D eigenvalue weighted by atomic mass is 35.5. The highest BCUT2D eigenvalue weighted by molar-refractivity contribution is 7.89. The summed E-state index contributed by atoms with van der Waals surface area (Å²) in [5.74, 6) is -2.43. The highest BCUT2D eigenvalue weighted by Crippen LogP contribution is 2.44. The molecular formula is C23H17Cl2N3O6S. The summed E-state index contributed by atoms with van der Waals surface area (Å²) >= 11 is 12.3. The normalized spacial score (nSPS) is 17.6. The fourth-order valence-electron chi connectivity index (χ4n) is 3.84. The second-order valence-electron chi connectivity index (χ2n) is 7.46. The number of aliphatic hydroxyl groups is 1. The van der Waals surface area contributed by atoms with Crippen LogP contribution in [-0.2, 0) is 19.6 Å². The number of rotatable bonds is 5. The number of primary sulfonamides is 1. The summed E-state index contributed by atoms with van der Waals surface area (Å²) in [4.78, 5) is 31.5. The Morgan fingerprint density at radius 2 is 1.83 bits per heavy atom. The molecule has 0 radical (unpaired) electrons. The van der Waals surface area contributed by atoms with Crippen LogP contribution in [0.2, 0.25) is 10.0 Å². The van der Waals surface area contributed by atoms with Gasteiger partial charge in [-0.15, -0.1) is 0 Å². The van der Waals surface area contributed by atoms with E-state index in [4.69, 9.17) is 33.1 Å². The van der Waals surface area contributed by atoms with Gasteiger partial charge in [-0.1, -0.05) is 29.3 Å². The maximum Gasteiger partial charge on any atom is 0.300 e. The van der Waals surface area contributed by atoms with E-state index < -0.39 is 33.5 Å². The molecule has 1 atom stereocenters. The number of hydrogen-bond acceptors (Lipinski definition) is 7.